The van der Waals surface area contributed by atoms with Crippen LogP contribution in [0, 0.1) is 11.3 Å². The summed E-state index contributed by atoms with van der Waals surface area (Å²) in [5.41, 5.74) is 4.66. The summed E-state index contributed by atoms with van der Waals surface area (Å²) >= 11 is 3.55. The number of hydrogen-bond acceptors (Lipinski definition) is 3. The van der Waals surface area contributed by atoms with Crippen LogP contribution in [-0.4, -0.2) is 20.6 Å². The maximum absolute atomic E-state index is 4.74. The van der Waals surface area contributed by atoms with Crippen LogP contribution in [0.5, 0.6) is 0 Å². The first-order valence-electron chi connectivity index (χ1n) is 11.3. The fourth-order valence-electron chi connectivity index (χ4n) is 5.46. The van der Waals surface area contributed by atoms with Crippen molar-refractivity contribution in [3.05, 3.63) is 71.6 Å². The van der Waals surface area contributed by atoms with Gasteiger partial charge >= 0.3 is 0 Å². The molecule has 0 bridgehead atoms. The molecule has 1 fully saturated rings. The van der Waals surface area contributed by atoms with E-state index in [4.69, 9.17) is 9.97 Å². The molecule has 164 valence electrons. The van der Waals surface area contributed by atoms with Gasteiger partial charge in [0.1, 0.15) is 12.1 Å². The van der Waals surface area contributed by atoms with Crippen molar-refractivity contribution in [1.29, 1.82) is 0 Å². The summed E-state index contributed by atoms with van der Waals surface area (Å²) in [6.45, 7) is 7.13. The SMILES string of the molecule is CC1CC(Nc2ncnc3c2c(-c2ccccc2)cn3-c2ccc(Br)cc2)CC(C)(C)C1. The normalized spacial score (nSPS) is 20.4. The molecule has 5 rings (SSSR count). The third kappa shape index (κ3) is 4.18. The van der Waals surface area contributed by atoms with E-state index in [0.29, 0.717) is 17.4 Å². The van der Waals surface area contributed by atoms with Crippen molar-refractivity contribution in [3.63, 3.8) is 0 Å². The Hall–Kier alpha value is -2.66. The zero-order valence-electron chi connectivity index (χ0n) is 18.8. The maximum Gasteiger partial charge on any atom is 0.150 e. The molecule has 0 spiro atoms. The predicted octanol–water partition coefficient (Wildman–Crippen LogP) is 7.48. The summed E-state index contributed by atoms with van der Waals surface area (Å²) in [5, 5.41) is 4.90. The van der Waals surface area contributed by atoms with E-state index in [-0.39, 0.29) is 0 Å². The quantitative estimate of drug-likeness (QED) is 0.323. The van der Waals surface area contributed by atoms with E-state index in [1.165, 1.54) is 18.4 Å². The molecule has 2 unspecified atom stereocenters. The summed E-state index contributed by atoms with van der Waals surface area (Å²) in [6.07, 6.45) is 7.47. The van der Waals surface area contributed by atoms with Crippen LogP contribution in [-0.2, 0) is 0 Å². The highest BCUT2D eigenvalue weighted by Crippen LogP contribution is 2.41. The van der Waals surface area contributed by atoms with Gasteiger partial charge in [-0.2, -0.15) is 0 Å². The second-order valence-electron chi connectivity index (χ2n) is 9.93. The number of halogens is 1. The molecule has 2 aromatic heterocycles. The topological polar surface area (TPSA) is 42.7 Å². The van der Waals surface area contributed by atoms with Crippen LogP contribution >= 0.6 is 15.9 Å². The van der Waals surface area contributed by atoms with E-state index in [9.17, 15) is 0 Å². The lowest BCUT2D eigenvalue weighted by Gasteiger charge is -2.39. The van der Waals surface area contributed by atoms with Crippen molar-refractivity contribution in [1.82, 2.24) is 14.5 Å². The number of aromatic nitrogens is 3. The van der Waals surface area contributed by atoms with Crippen LogP contribution < -0.4 is 5.32 Å². The minimum Gasteiger partial charge on any atom is -0.367 e. The zero-order valence-corrected chi connectivity index (χ0v) is 20.4. The molecular weight excluding hydrogens is 460 g/mol. The highest BCUT2D eigenvalue weighted by molar-refractivity contribution is 9.10. The summed E-state index contributed by atoms with van der Waals surface area (Å²) in [4.78, 5) is 9.46. The fraction of sp³-hybridized carbons (Fsp3) is 0.333. The highest BCUT2D eigenvalue weighted by atomic mass is 79.9. The molecule has 0 radical (unpaired) electrons. The van der Waals surface area contributed by atoms with Gasteiger partial charge in [0.05, 0.1) is 5.39 Å². The molecule has 2 aromatic carbocycles. The third-order valence-electron chi connectivity index (χ3n) is 6.50. The lowest BCUT2D eigenvalue weighted by atomic mass is 9.70. The van der Waals surface area contributed by atoms with Gasteiger partial charge in [-0.15, -0.1) is 0 Å². The summed E-state index contributed by atoms with van der Waals surface area (Å²) in [6, 6.07) is 19.3. The predicted molar refractivity (Wildman–Crippen MR) is 136 cm³/mol. The Labute approximate surface area is 198 Å². The van der Waals surface area contributed by atoms with E-state index in [1.54, 1.807) is 6.33 Å². The molecule has 5 heteroatoms. The van der Waals surface area contributed by atoms with Gasteiger partial charge < -0.3 is 9.88 Å². The van der Waals surface area contributed by atoms with Crippen LogP contribution in [0.1, 0.15) is 40.0 Å². The van der Waals surface area contributed by atoms with Crippen molar-refractivity contribution in [2.75, 3.05) is 5.32 Å². The summed E-state index contributed by atoms with van der Waals surface area (Å²) in [5.74, 6) is 1.63. The van der Waals surface area contributed by atoms with Gasteiger partial charge in [0, 0.05) is 28.0 Å². The number of benzene rings is 2. The monoisotopic (exact) mass is 488 g/mol. The van der Waals surface area contributed by atoms with Crippen molar-refractivity contribution in [2.24, 2.45) is 11.3 Å². The van der Waals surface area contributed by atoms with E-state index >= 15 is 0 Å². The molecule has 1 saturated carbocycles. The van der Waals surface area contributed by atoms with Gasteiger partial charge in [0.15, 0.2) is 5.65 Å². The molecule has 4 aromatic rings. The van der Waals surface area contributed by atoms with Crippen LogP contribution in [0.15, 0.2) is 71.6 Å². The maximum atomic E-state index is 4.74. The molecule has 4 nitrogen and oxygen atoms in total. The smallest absolute Gasteiger partial charge is 0.150 e. The lowest BCUT2D eigenvalue weighted by Crippen LogP contribution is -2.35. The third-order valence-corrected chi connectivity index (χ3v) is 7.03. The molecule has 0 amide bonds. The van der Waals surface area contributed by atoms with Crippen molar-refractivity contribution in [3.8, 4) is 16.8 Å². The van der Waals surface area contributed by atoms with Gasteiger partial charge in [-0.1, -0.05) is 67.0 Å². The molecular formula is C27H29BrN4. The zero-order chi connectivity index (χ0) is 22.3. The molecule has 2 heterocycles. The van der Waals surface area contributed by atoms with Gasteiger partial charge in [-0.3, -0.25) is 0 Å². The van der Waals surface area contributed by atoms with E-state index in [2.05, 4.69) is 107 Å². The Bertz CT molecular complexity index is 1230. The van der Waals surface area contributed by atoms with Gasteiger partial charge in [0.25, 0.3) is 0 Å². The van der Waals surface area contributed by atoms with Crippen LogP contribution in [0.2, 0.25) is 0 Å². The number of nitrogens with zero attached hydrogens (tertiary/aromatic N) is 3. The van der Waals surface area contributed by atoms with Crippen LogP contribution in [0.25, 0.3) is 27.8 Å². The minimum atomic E-state index is 0.340. The number of nitrogens with one attached hydrogen (secondary N) is 1. The number of anilines is 1. The largest absolute Gasteiger partial charge is 0.367 e. The average molecular weight is 489 g/mol. The Kier molecular flexibility index (Phi) is 5.54. The second kappa shape index (κ2) is 8.36. The van der Waals surface area contributed by atoms with Crippen molar-refractivity contribution < 1.29 is 0 Å². The highest BCUT2D eigenvalue weighted by Gasteiger charge is 2.32. The van der Waals surface area contributed by atoms with E-state index in [0.717, 1.165) is 39.0 Å². The minimum absolute atomic E-state index is 0.340. The van der Waals surface area contributed by atoms with Gasteiger partial charge in [-0.05, 0) is 60.4 Å². The molecule has 32 heavy (non-hydrogen) atoms. The number of hydrogen-bond donors (Lipinski definition) is 1. The first kappa shape index (κ1) is 21.2. The standard InChI is InChI=1S/C27H29BrN4/c1-18-13-21(15-27(2,3)14-18)31-25-24-23(19-7-5-4-6-8-19)16-32(26(24)30-17-29-25)22-11-9-20(28)10-12-22/h4-12,16-18,21H,13-15H2,1-3H3,(H,29,30,31). The molecule has 1 aliphatic carbocycles. The Balaban J connectivity index is 1.65. The van der Waals surface area contributed by atoms with Crippen molar-refractivity contribution in [2.45, 2.75) is 46.1 Å². The van der Waals surface area contributed by atoms with E-state index < -0.39 is 0 Å². The molecule has 1 N–H and O–H groups in total. The first-order chi connectivity index (χ1) is 15.4. The molecule has 0 aliphatic heterocycles. The Morgan fingerprint density at radius 3 is 2.47 bits per heavy atom. The van der Waals surface area contributed by atoms with Crippen LogP contribution in [0.3, 0.4) is 0 Å². The Morgan fingerprint density at radius 1 is 1.00 bits per heavy atom. The van der Waals surface area contributed by atoms with E-state index in [1.807, 2.05) is 0 Å². The molecule has 1 aliphatic rings. The Morgan fingerprint density at radius 2 is 1.75 bits per heavy atom. The van der Waals surface area contributed by atoms with Gasteiger partial charge in [-0.25, -0.2) is 9.97 Å². The number of rotatable bonds is 4. The summed E-state index contributed by atoms with van der Waals surface area (Å²) < 4.78 is 3.23. The van der Waals surface area contributed by atoms with Gasteiger partial charge in [0.2, 0.25) is 0 Å². The van der Waals surface area contributed by atoms with Crippen molar-refractivity contribution >= 4 is 32.8 Å². The number of fused-ring (bicyclic) bond motifs is 1. The lowest BCUT2D eigenvalue weighted by molar-refractivity contribution is 0.178. The first-order valence-corrected chi connectivity index (χ1v) is 12.1. The fourth-order valence-corrected chi connectivity index (χ4v) is 5.72. The van der Waals surface area contributed by atoms with Crippen LogP contribution in [0.4, 0.5) is 5.82 Å². The summed E-state index contributed by atoms with van der Waals surface area (Å²) in [7, 11) is 0. The average Bonchev–Trinajstić information content (AvgIpc) is 3.14. The molecule has 2 atom stereocenters. The molecule has 0 saturated heterocycles. The second-order valence-corrected chi connectivity index (χ2v) is 10.8.